The van der Waals surface area contributed by atoms with Gasteiger partial charge in [-0.15, -0.1) is 0 Å². The molecule has 0 N–H and O–H groups in total. The summed E-state index contributed by atoms with van der Waals surface area (Å²) >= 11 is 3.49. The maximum atomic E-state index is 3.49. The van der Waals surface area contributed by atoms with Crippen molar-refractivity contribution in [1.82, 2.24) is 0 Å². The monoisotopic (exact) mass is 262 g/mol. The molecule has 0 unspecified atom stereocenters. The van der Waals surface area contributed by atoms with Crippen molar-refractivity contribution in [3.8, 4) is 11.8 Å². The van der Waals surface area contributed by atoms with E-state index in [1.54, 1.807) is 0 Å². The third-order valence-corrected chi connectivity index (χ3v) is 2.73. The van der Waals surface area contributed by atoms with Gasteiger partial charge in [-0.2, -0.15) is 0 Å². The van der Waals surface area contributed by atoms with E-state index >= 15 is 0 Å². The molecule has 0 bridgehead atoms. The molecule has 0 saturated heterocycles. The van der Waals surface area contributed by atoms with Crippen molar-refractivity contribution in [1.29, 1.82) is 0 Å². The highest BCUT2D eigenvalue weighted by atomic mass is 79.9. The first-order valence-electron chi connectivity index (χ1n) is 5.24. The first kappa shape index (κ1) is 12.1. The molecule has 78 valence electrons. The molecule has 0 aliphatic carbocycles. The predicted molar refractivity (Wildman–Crippen MR) is 70.5 cm³/mol. The average molecular weight is 263 g/mol. The lowest BCUT2D eigenvalue weighted by atomic mass is 10.2. The summed E-state index contributed by atoms with van der Waals surface area (Å²) in [7, 11) is 0. The number of rotatable bonds is 3. The minimum atomic E-state index is 0.997. The molecule has 0 aromatic heterocycles. The molecule has 0 aliphatic heterocycles. The van der Waals surface area contributed by atoms with Crippen molar-refractivity contribution in [3.63, 3.8) is 0 Å². The highest BCUT2D eigenvalue weighted by molar-refractivity contribution is 9.10. The summed E-state index contributed by atoms with van der Waals surface area (Å²) in [6.45, 7) is 2.18. The second-order valence-corrected chi connectivity index (χ2v) is 4.13. The standard InChI is InChI=1S/C14H15Br/c1-2-3-4-5-6-7-10-13-11-8-9-12-14(13)15/h7-12H,2-4H2,1H3. The Morgan fingerprint density at radius 2 is 2.13 bits per heavy atom. The molecule has 0 aliphatic rings. The van der Waals surface area contributed by atoms with E-state index in [1.807, 2.05) is 30.4 Å². The SMILES string of the molecule is CCCCC#CC=Cc1ccccc1Br. The second kappa shape index (κ2) is 7.31. The van der Waals surface area contributed by atoms with E-state index in [1.165, 1.54) is 18.4 Å². The van der Waals surface area contributed by atoms with Gasteiger partial charge in [-0.3, -0.25) is 0 Å². The van der Waals surface area contributed by atoms with Crippen molar-refractivity contribution < 1.29 is 0 Å². The van der Waals surface area contributed by atoms with Crippen LogP contribution in [0.2, 0.25) is 0 Å². The van der Waals surface area contributed by atoms with E-state index in [2.05, 4.69) is 40.8 Å². The van der Waals surface area contributed by atoms with E-state index in [4.69, 9.17) is 0 Å². The van der Waals surface area contributed by atoms with E-state index in [9.17, 15) is 0 Å². The summed E-state index contributed by atoms with van der Waals surface area (Å²) in [4.78, 5) is 0. The molecule has 0 atom stereocenters. The Morgan fingerprint density at radius 3 is 2.87 bits per heavy atom. The first-order valence-corrected chi connectivity index (χ1v) is 6.03. The summed E-state index contributed by atoms with van der Waals surface area (Å²) in [6, 6.07) is 8.13. The molecule has 0 saturated carbocycles. The number of allylic oxidation sites excluding steroid dienone is 1. The van der Waals surface area contributed by atoms with Gasteiger partial charge < -0.3 is 0 Å². The molecule has 0 fully saturated rings. The molecule has 1 heteroatoms. The lowest BCUT2D eigenvalue weighted by molar-refractivity contribution is 0.828. The number of hydrogen-bond acceptors (Lipinski definition) is 0. The lowest BCUT2D eigenvalue weighted by Gasteiger charge is -1.94. The highest BCUT2D eigenvalue weighted by Gasteiger charge is 1.90. The van der Waals surface area contributed by atoms with Crippen LogP contribution < -0.4 is 0 Å². The summed E-state index contributed by atoms with van der Waals surface area (Å²) < 4.78 is 1.11. The van der Waals surface area contributed by atoms with Crippen molar-refractivity contribution in [2.45, 2.75) is 26.2 Å². The third kappa shape index (κ3) is 4.85. The molecule has 0 radical (unpaired) electrons. The van der Waals surface area contributed by atoms with Gasteiger partial charge in [0.25, 0.3) is 0 Å². The predicted octanol–water partition coefficient (Wildman–Crippen LogP) is 4.66. The minimum absolute atomic E-state index is 0.997. The van der Waals surface area contributed by atoms with Crippen molar-refractivity contribution in [3.05, 3.63) is 40.4 Å². The van der Waals surface area contributed by atoms with Gasteiger partial charge in [0.15, 0.2) is 0 Å². The molecule has 15 heavy (non-hydrogen) atoms. The zero-order chi connectivity index (χ0) is 10.9. The summed E-state index contributed by atoms with van der Waals surface area (Å²) in [5.74, 6) is 6.17. The van der Waals surface area contributed by atoms with E-state index in [0.717, 1.165) is 10.9 Å². The maximum absolute atomic E-state index is 3.49. The fourth-order valence-electron chi connectivity index (χ4n) is 1.14. The molecule has 0 amide bonds. The van der Waals surface area contributed by atoms with Gasteiger partial charge in [0, 0.05) is 10.9 Å². The fraction of sp³-hybridized carbons (Fsp3) is 0.286. The minimum Gasteiger partial charge on any atom is -0.0985 e. The lowest BCUT2D eigenvalue weighted by Crippen LogP contribution is -1.72. The zero-order valence-electron chi connectivity index (χ0n) is 8.96. The summed E-state index contributed by atoms with van der Waals surface area (Å²) in [5, 5.41) is 0. The van der Waals surface area contributed by atoms with Crippen molar-refractivity contribution >= 4 is 22.0 Å². The van der Waals surface area contributed by atoms with Gasteiger partial charge in [-0.05, 0) is 30.2 Å². The molecule has 1 rings (SSSR count). The van der Waals surface area contributed by atoms with Crippen LogP contribution in [-0.4, -0.2) is 0 Å². The Balaban J connectivity index is 2.50. The molecule has 0 spiro atoms. The van der Waals surface area contributed by atoms with E-state index < -0.39 is 0 Å². The fourth-order valence-corrected chi connectivity index (χ4v) is 1.55. The maximum Gasteiger partial charge on any atom is 0.0247 e. The van der Waals surface area contributed by atoms with Crippen LogP contribution in [0.3, 0.4) is 0 Å². The quantitative estimate of drug-likeness (QED) is 0.549. The van der Waals surface area contributed by atoms with Crippen molar-refractivity contribution in [2.75, 3.05) is 0 Å². The largest absolute Gasteiger partial charge is 0.0985 e. The van der Waals surface area contributed by atoms with Crippen LogP contribution in [0.15, 0.2) is 34.8 Å². The average Bonchev–Trinajstić information content (AvgIpc) is 2.25. The topological polar surface area (TPSA) is 0 Å². The molecule has 1 aromatic rings. The summed E-state index contributed by atoms with van der Waals surface area (Å²) in [5.41, 5.74) is 1.17. The number of unbranched alkanes of at least 4 members (excludes halogenated alkanes) is 2. The van der Waals surface area contributed by atoms with Crippen LogP contribution in [-0.2, 0) is 0 Å². The van der Waals surface area contributed by atoms with Crippen LogP contribution in [0.5, 0.6) is 0 Å². The van der Waals surface area contributed by atoms with Crippen LogP contribution in [0.25, 0.3) is 6.08 Å². The van der Waals surface area contributed by atoms with Gasteiger partial charge in [0.05, 0.1) is 0 Å². The Kier molecular flexibility index (Phi) is 5.88. The van der Waals surface area contributed by atoms with E-state index in [-0.39, 0.29) is 0 Å². The van der Waals surface area contributed by atoms with Gasteiger partial charge in [-0.1, -0.05) is 59.3 Å². The number of halogens is 1. The zero-order valence-corrected chi connectivity index (χ0v) is 10.5. The molecule has 0 heterocycles. The van der Waals surface area contributed by atoms with Gasteiger partial charge in [-0.25, -0.2) is 0 Å². The third-order valence-electron chi connectivity index (χ3n) is 2.01. The van der Waals surface area contributed by atoms with Crippen LogP contribution in [0.4, 0.5) is 0 Å². The highest BCUT2D eigenvalue weighted by Crippen LogP contribution is 2.16. The van der Waals surface area contributed by atoms with Gasteiger partial charge >= 0.3 is 0 Å². The normalized spacial score (nSPS) is 10.0. The Bertz CT molecular complexity index is 380. The van der Waals surface area contributed by atoms with E-state index in [0.29, 0.717) is 0 Å². The molecule has 0 nitrogen and oxygen atoms in total. The number of benzene rings is 1. The van der Waals surface area contributed by atoms with Crippen molar-refractivity contribution in [2.24, 2.45) is 0 Å². The Labute approximate surface area is 101 Å². The van der Waals surface area contributed by atoms with Crippen LogP contribution >= 0.6 is 15.9 Å². The first-order chi connectivity index (χ1) is 7.34. The van der Waals surface area contributed by atoms with Crippen LogP contribution in [0, 0.1) is 11.8 Å². The van der Waals surface area contributed by atoms with Gasteiger partial charge in [0.2, 0.25) is 0 Å². The Morgan fingerprint density at radius 1 is 1.33 bits per heavy atom. The number of hydrogen-bond donors (Lipinski definition) is 0. The molecular formula is C14H15Br. The smallest absolute Gasteiger partial charge is 0.0247 e. The molecule has 1 aromatic carbocycles. The Hall–Kier alpha value is -1.00. The van der Waals surface area contributed by atoms with Crippen LogP contribution in [0.1, 0.15) is 31.7 Å². The summed E-state index contributed by atoms with van der Waals surface area (Å²) in [6.07, 6.45) is 7.34. The second-order valence-electron chi connectivity index (χ2n) is 3.28. The molecular weight excluding hydrogens is 248 g/mol. The van der Waals surface area contributed by atoms with Gasteiger partial charge in [0.1, 0.15) is 0 Å².